The van der Waals surface area contributed by atoms with Gasteiger partial charge in [-0.2, -0.15) is 0 Å². The molecule has 0 unspecified atom stereocenters. The molecule has 11 heteroatoms. The number of hydrogen-bond donors (Lipinski definition) is 1. The summed E-state index contributed by atoms with van der Waals surface area (Å²) < 4.78 is 61.6. The number of benzene rings is 1. The second-order valence-corrected chi connectivity index (χ2v) is 8.50. The predicted molar refractivity (Wildman–Crippen MR) is 113 cm³/mol. The Balaban J connectivity index is 1.80. The fraction of sp³-hybridized carbons (Fsp3) is 0.0952. The van der Waals surface area contributed by atoms with Crippen LogP contribution >= 0.6 is 0 Å². The van der Waals surface area contributed by atoms with Crippen molar-refractivity contribution in [1.82, 2.24) is 14.4 Å². The van der Waals surface area contributed by atoms with Crippen LogP contribution in [-0.2, 0) is 10.0 Å². The zero-order valence-electron chi connectivity index (χ0n) is 16.8. The van der Waals surface area contributed by atoms with Gasteiger partial charge in [-0.15, -0.1) is 0 Å². The molecule has 0 atom stereocenters. The summed E-state index contributed by atoms with van der Waals surface area (Å²) in [5.74, 6) is -2.10. The number of hydrogen-bond acceptors (Lipinski definition) is 6. The van der Waals surface area contributed by atoms with Crippen LogP contribution in [0.1, 0.15) is 5.56 Å². The van der Waals surface area contributed by atoms with Crippen LogP contribution in [0.3, 0.4) is 0 Å². The highest BCUT2D eigenvalue weighted by molar-refractivity contribution is 7.92. The molecule has 3 aromatic heterocycles. The number of nitrogens with one attached hydrogen (secondary N) is 1. The lowest BCUT2D eigenvalue weighted by atomic mass is 10.1. The molecule has 32 heavy (non-hydrogen) atoms. The van der Waals surface area contributed by atoms with E-state index in [2.05, 4.69) is 14.7 Å². The van der Waals surface area contributed by atoms with Gasteiger partial charge in [-0.05, 0) is 43.3 Å². The van der Waals surface area contributed by atoms with Crippen molar-refractivity contribution in [1.29, 1.82) is 0 Å². The molecule has 0 saturated heterocycles. The second kappa shape index (κ2) is 8.00. The largest absolute Gasteiger partial charge is 0.480 e. The van der Waals surface area contributed by atoms with E-state index in [1.165, 1.54) is 30.0 Å². The molecule has 0 bridgehead atoms. The fourth-order valence-corrected chi connectivity index (χ4v) is 4.21. The molecule has 8 nitrogen and oxygen atoms in total. The maximum atomic E-state index is 14.0. The van der Waals surface area contributed by atoms with Crippen molar-refractivity contribution in [3.8, 4) is 17.0 Å². The number of sulfonamides is 1. The van der Waals surface area contributed by atoms with Gasteiger partial charge in [0.1, 0.15) is 27.9 Å². The minimum absolute atomic E-state index is 0.0791. The average Bonchev–Trinajstić information content (AvgIpc) is 2.77. The Morgan fingerprint density at radius 1 is 1.03 bits per heavy atom. The molecule has 0 fully saturated rings. The second-order valence-electron chi connectivity index (χ2n) is 6.85. The molecule has 0 saturated carbocycles. The summed E-state index contributed by atoms with van der Waals surface area (Å²) in [5.41, 5.74) is 1.54. The Morgan fingerprint density at radius 2 is 1.81 bits per heavy atom. The number of pyridine rings is 2. The molecule has 3 heterocycles. The van der Waals surface area contributed by atoms with Crippen molar-refractivity contribution >= 4 is 21.4 Å². The minimum Gasteiger partial charge on any atom is -0.480 e. The van der Waals surface area contributed by atoms with Gasteiger partial charge in [0, 0.05) is 35.3 Å². The summed E-state index contributed by atoms with van der Waals surface area (Å²) in [5, 5.41) is 0. The first kappa shape index (κ1) is 21.4. The van der Waals surface area contributed by atoms with Crippen LogP contribution in [0.25, 0.3) is 16.8 Å². The first-order valence-electron chi connectivity index (χ1n) is 9.20. The normalized spacial score (nSPS) is 11.5. The lowest BCUT2D eigenvalue weighted by Crippen LogP contribution is -2.17. The van der Waals surface area contributed by atoms with Gasteiger partial charge in [0.15, 0.2) is 0 Å². The van der Waals surface area contributed by atoms with E-state index in [1.54, 1.807) is 25.3 Å². The van der Waals surface area contributed by atoms with Crippen LogP contribution in [0.15, 0.2) is 64.7 Å². The molecule has 0 spiro atoms. The Kier molecular flexibility index (Phi) is 5.35. The number of anilines is 1. The van der Waals surface area contributed by atoms with Gasteiger partial charge in [-0.3, -0.25) is 13.9 Å². The van der Waals surface area contributed by atoms with Gasteiger partial charge in [0.25, 0.3) is 15.6 Å². The number of aromatic nitrogens is 3. The van der Waals surface area contributed by atoms with E-state index in [4.69, 9.17) is 4.74 Å². The Morgan fingerprint density at radius 3 is 2.56 bits per heavy atom. The molecule has 4 aromatic rings. The molecular weight excluding hydrogens is 442 g/mol. The van der Waals surface area contributed by atoms with Crippen molar-refractivity contribution < 1.29 is 21.9 Å². The molecule has 164 valence electrons. The summed E-state index contributed by atoms with van der Waals surface area (Å²) in [7, 11) is -3.21. The number of nitrogens with zero attached hydrogens (tertiary/aromatic N) is 3. The van der Waals surface area contributed by atoms with E-state index < -0.39 is 26.6 Å². The van der Waals surface area contributed by atoms with Crippen LogP contribution < -0.4 is 15.0 Å². The van der Waals surface area contributed by atoms with Crippen LogP contribution in [-0.4, -0.2) is 29.9 Å². The number of fused-ring (bicyclic) bond motifs is 1. The van der Waals surface area contributed by atoms with Crippen LogP contribution in [0, 0.1) is 18.6 Å². The maximum Gasteiger partial charge on any atom is 0.265 e. The van der Waals surface area contributed by atoms with Crippen LogP contribution in [0.4, 0.5) is 14.5 Å². The summed E-state index contributed by atoms with van der Waals surface area (Å²) in [4.78, 5) is 19.8. The zero-order chi connectivity index (χ0) is 23.0. The highest BCUT2D eigenvalue weighted by atomic mass is 32.2. The standard InChI is InChI=1S/C21H16F2N4O4S/c1-12-9-24-19-6-3-13(11-27(19)21(12)28)14-7-17(20(31-2)25-10-14)26-32(29,30)18-8-15(22)4-5-16(18)23/h3-11,26H,1-2H3. The summed E-state index contributed by atoms with van der Waals surface area (Å²) in [6.45, 7) is 1.64. The number of aryl methyl sites for hydroxylation is 1. The van der Waals surface area contributed by atoms with Crippen molar-refractivity contribution in [2.24, 2.45) is 0 Å². The highest BCUT2D eigenvalue weighted by Gasteiger charge is 2.22. The Labute approximate surface area is 181 Å². The summed E-state index contributed by atoms with van der Waals surface area (Å²) in [6.07, 6.45) is 4.45. The van der Waals surface area contributed by atoms with Gasteiger partial charge < -0.3 is 4.74 Å². The van der Waals surface area contributed by atoms with Crippen molar-refractivity contribution in [2.45, 2.75) is 11.8 Å². The van der Waals surface area contributed by atoms with Gasteiger partial charge in [0.2, 0.25) is 5.88 Å². The number of ether oxygens (including phenoxy) is 1. The fourth-order valence-electron chi connectivity index (χ4n) is 3.07. The van der Waals surface area contributed by atoms with Crippen LogP contribution in [0.2, 0.25) is 0 Å². The van der Waals surface area contributed by atoms with Crippen molar-refractivity contribution in [3.05, 3.63) is 82.5 Å². The Hall–Kier alpha value is -3.86. The minimum atomic E-state index is -4.50. The maximum absolute atomic E-state index is 14.0. The molecule has 0 aliphatic heterocycles. The average molecular weight is 458 g/mol. The molecule has 0 radical (unpaired) electrons. The summed E-state index contributed by atoms with van der Waals surface area (Å²) >= 11 is 0. The van der Waals surface area contributed by atoms with Gasteiger partial charge in [-0.1, -0.05) is 0 Å². The quantitative estimate of drug-likeness (QED) is 0.493. The molecular formula is C21H16F2N4O4S. The van der Waals surface area contributed by atoms with E-state index in [-0.39, 0.29) is 17.1 Å². The lowest BCUT2D eigenvalue weighted by molar-refractivity contribution is 0.400. The Bertz CT molecular complexity index is 1520. The third-order valence-corrected chi connectivity index (χ3v) is 6.06. The van der Waals surface area contributed by atoms with Gasteiger partial charge in [0.05, 0.1) is 7.11 Å². The summed E-state index contributed by atoms with van der Waals surface area (Å²) in [6, 6.07) is 6.84. The first-order chi connectivity index (χ1) is 15.2. The molecule has 1 N–H and O–H groups in total. The van der Waals surface area contributed by atoms with Crippen molar-refractivity contribution in [2.75, 3.05) is 11.8 Å². The first-order valence-corrected chi connectivity index (χ1v) is 10.7. The number of methoxy groups -OCH3 is 1. The van der Waals surface area contributed by atoms with Gasteiger partial charge >= 0.3 is 0 Å². The molecule has 4 rings (SSSR count). The van der Waals surface area contributed by atoms with Gasteiger partial charge in [-0.25, -0.2) is 27.2 Å². The van der Waals surface area contributed by atoms with E-state index >= 15 is 0 Å². The van der Waals surface area contributed by atoms with E-state index in [0.29, 0.717) is 28.4 Å². The molecule has 1 aromatic carbocycles. The van der Waals surface area contributed by atoms with E-state index in [9.17, 15) is 22.0 Å². The third kappa shape index (κ3) is 3.89. The third-order valence-electron chi connectivity index (χ3n) is 4.68. The van der Waals surface area contributed by atoms with Crippen LogP contribution in [0.5, 0.6) is 5.88 Å². The number of rotatable bonds is 5. The highest BCUT2D eigenvalue weighted by Crippen LogP contribution is 2.30. The number of halogens is 2. The van der Waals surface area contributed by atoms with E-state index in [0.717, 1.165) is 12.1 Å². The lowest BCUT2D eigenvalue weighted by Gasteiger charge is -2.13. The molecule has 0 aliphatic carbocycles. The molecule has 0 aliphatic rings. The predicted octanol–water partition coefficient (Wildman–Crippen LogP) is 3.15. The monoisotopic (exact) mass is 458 g/mol. The smallest absolute Gasteiger partial charge is 0.265 e. The topological polar surface area (TPSA) is 103 Å². The van der Waals surface area contributed by atoms with Crippen molar-refractivity contribution in [3.63, 3.8) is 0 Å². The SMILES string of the molecule is COc1ncc(-c2ccc3ncc(C)c(=O)n3c2)cc1NS(=O)(=O)c1cc(F)ccc1F. The zero-order valence-corrected chi connectivity index (χ0v) is 17.7. The molecule has 0 amide bonds. The van der Waals surface area contributed by atoms with E-state index in [1.807, 2.05) is 0 Å².